The summed E-state index contributed by atoms with van der Waals surface area (Å²) in [5.41, 5.74) is 2.21. The Kier molecular flexibility index (Phi) is 6.05. The van der Waals surface area contributed by atoms with Gasteiger partial charge in [0, 0.05) is 6.54 Å². The maximum absolute atomic E-state index is 12.9. The third kappa shape index (κ3) is 4.73. The van der Waals surface area contributed by atoms with Gasteiger partial charge < -0.3 is 9.64 Å². The zero-order chi connectivity index (χ0) is 18.2. The highest BCUT2D eigenvalue weighted by molar-refractivity contribution is 5.78. The first kappa shape index (κ1) is 17.7. The molecule has 0 N–H and O–H groups in total. The number of nitrogens with zero attached hydrogens (tertiary/aromatic N) is 1. The van der Waals surface area contributed by atoms with E-state index in [0.717, 1.165) is 11.1 Å². The van der Waals surface area contributed by atoms with Crippen molar-refractivity contribution < 1.29 is 9.53 Å². The van der Waals surface area contributed by atoms with Gasteiger partial charge in [-0.25, -0.2) is 0 Å². The molecule has 0 heterocycles. The van der Waals surface area contributed by atoms with E-state index in [2.05, 4.69) is 6.92 Å². The van der Waals surface area contributed by atoms with Gasteiger partial charge in [-0.3, -0.25) is 4.79 Å². The van der Waals surface area contributed by atoms with Gasteiger partial charge >= 0.3 is 0 Å². The third-order valence-corrected chi connectivity index (χ3v) is 4.37. The fourth-order valence-electron chi connectivity index (χ4n) is 2.88. The van der Waals surface area contributed by atoms with Crippen LogP contribution >= 0.6 is 0 Å². The van der Waals surface area contributed by atoms with Crippen LogP contribution in [0.4, 0.5) is 0 Å². The molecule has 0 radical (unpaired) electrons. The van der Waals surface area contributed by atoms with Gasteiger partial charge in [0.15, 0.2) is 6.61 Å². The molecule has 3 aromatic carbocycles. The fourth-order valence-corrected chi connectivity index (χ4v) is 2.88. The molecular formula is C23H23NO2. The first-order valence-corrected chi connectivity index (χ1v) is 8.80. The van der Waals surface area contributed by atoms with Crippen molar-refractivity contribution in [1.29, 1.82) is 0 Å². The number of carbonyl (C=O) groups is 1. The molecule has 3 rings (SSSR count). The number of hydrogen-bond donors (Lipinski definition) is 0. The van der Waals surface area contributed by atoms with Crippen LogP contribution in [0.3, 0.4) is 0 Å². The Labute approximate surface area is 154 Å². The summed E-state index contributed by atoms with van der Waals surface area (Å²) in [5, 5.41) is 0. The minimum absolute atomic E-state index is 0.0218. The van der Waals surface area contributed by atoms with Crippen LogP contribution in [0, 0.1) is 0 Å². The Balaban J connectivity index is 1.76. The van der Waals surface area contributed by atoms with E-state index in [1.54, 1.807) is 0 Å². The standard InChI is InChI=1S/C23H23NO2/c1-19(21-13-7-3-8-14-21)24(17-20-11-5-2-6-12-20)23(25)18-26-22-15-9-4-10-16-22/h2-16,19H,17-18H2,1H3. The van der Waals surface area contributed by atoms with E-state index in [1.807, 2.05) is 95.9 Å². The van der Waals surface area contributed by atoms with E-state index in [-0.39, 0.29) is 18.6 Å². The summed E-state index contributed by atoms with van der Waals surface area (Å²) in [6, 6.07) is 29.5. The summed E-state index contributed by atoms with van der Waals surface area (Å²) in [7, 11) is 0. The molecule has 1 amide bonds. The number of benzene rings is 3. The molecule has 3 nitrogen and oxygen atoms in total. The normalized spacial score (nSPS) is 11.6. The average Bonchev–Trinajstić information content (AvgIpc) is 2.72. The molecule has 1 unspecified atom stereocenters. The zero-order valence-corrected chi connectivity index (χ0v) is 14.9. The summed E-state index contributed by atoms with van der Waals surface area (Å²) in [6.07, 6.45) is 0. The van der Waals surface area contributed by atoms with Gasteiger partial charge in [-0.1, -0.05) is 78.9 Å². The molecule has 3 heteroatoms. The molecule has 26 heavy (non-hydrogen) atoms. The molecule has 0 aliphatic heterocycles. The summed E-state index contributed by atoms with van der Waals surface area (Å²) in [5.74, 6) is 0.668. The average molecular weight is 345 g/mol. The number of para-hydroxylation sites is 1. The van der Waals surface area contributed by atoms with Gasteiger partial charge in [0.05, 0.1) is 6.04 Å². The fraction of sp³-hybridized carbons (Fsp3) is 0.174. The number of hydrogen-bond acceptors (Lipinski definition) is 2. The van der Waals surface area contributed by atoms with Crippen LogP contribution in [0.1, 0.15) is 24.1 Å². The van der Waals surface area contributed by atoms with Gasteiger partial charge in [-0.15, -0.1) is 0 Å². The van der Waals surface area contributed by atoms with Gasteiger partial charge in [-0.2, -0.15) is 0 Å². The molecule has 0 saturated carbocycles. The second-order valence-electron chi connectivity index (χ2n) is 6.20. The molecule has 1 atom stereocenters. The topological polar surface area (TPSA) is 29.5 Å². The van der Waals surface area contributed by atoms with Crippen molar-refractivity contribution >= 4 is 5.91 Å². The molecule has 0 aliphatic carbocycles. The second-order valence-corrected chi connectivity index (χ2v) is 6.20. The molecule has 0 spiro atoms. The van der Waals surface area contributed by atoms with Crippen LogP contribution in [0.2, 0.25) is 0 Å². The summed E-state index contributed by atoms with van der Waals surface area (Å²) in [4.78, 5) is 14.8. The van der Waals surface area contributed by atoms with Crippen LogP contribution < -0.4 is 4.74 Å². The zero-order valence-electron chi connectivity index (χ0n) is 14.9. The molecule has 0 fully saturated rings. The van der Waals surface area contributed by atoms with E-state index >= 15 is 0 Å². The van der Waals surface area contributed by atoms with Crippen molar-refractivity contribution in [2.24, 2.45) is 0 Å². The molecule has 0 aliphatic rings. The van der Waals surface area contributed by atoms with Gasteiger partial charge in [0.2, 0.25) is 0 Å². The van der Waals surface area contributed by atoms with Crippen LogP contribution in [-0.4, -0.2) is 17.4 Å². The minimum atomic E-state index is -0.0386. The Morgan fingerprint density at radius 1 is 0.846 bits per heavy atom. The van der Waals surface area contributed by atoms with Crippen molar-refractivity contribution in [3.05, 3.63) is 102 Å². The van der Waals surface area contributed by atoms with Crippen molar-refractivity contribution in [3.63, 3.8) is 0 Å². The van der Waals surface area contributed by atoms with Gasteiger partial charge in [-0.05, 0) is 30.2 Å². The Morgan fingerprint density at radius 3 is 2.00 bits per heavy atom. The number of ether oxygens (including phenoxy) is 1. The molecule has 0 bridgehead atoms. The van der Waals surface area contributed by atoms with E-state index in [1.165, 1.54) is 0 Å². The lowest BCUT2D eigenvalue weighted by atomic mass is 10.1. The van der Waals surface area contributed by atoms with Crippen LogP contribution in [-0.2, 0) is 11.3 Å². The summed E-state index contributed by atoms with van der Waals surface area (Å²) >= 11 is 0. The lowest BCUT2D eigenvalue weighted by Crippen LogP contribution is -2.36. The van der Waals surface area contributed by atoms with Crippen LogP contribution in [0.25, 0.3) is 0 Å². The van der Waals surface area contributed by atoms with Crippen LogP contribution in [0.15, 0.2) is 91.0 Å². The minimum Gasteiger partial charge on any atom is -0.484 e. The highest BCUT2D eigenvalue weighted by atomic mass is 16.5. The van der Waals surface area contributed by atoms with Crippen molar-refractivity contribution in [3.8, 4) is 5.75 Å². The Morgan fingerprint density at radius 2 is 1.38 bits per heavy atom. The Bertz CT molecular complexity index is 803. The predicted octanol–water partition coefficient (Wildman–Crippen LogP) is 4.86. The monoisotopic (exact) mass is 345 g/mol. The number of amides is 1. The first-order chi connectivity index (χ1) is 12.7. The third-order valence-electron chi connectivity index (χ3n) is 4.37. The van der Waals surface area contributed by atoms with E-state index in [4.69, 9.17) is 4.74 Å². The highest BCUT2D eigenvalue weighted by Crippen LogP contribution is 2.23. The lowest BCUT2D eigenvalue weighted by Gasteiger charge is -2.30. The predicted molar refractivity (Wildman–Crippen MR) is 104 cm³/mol. The van der Waals surface area contributed by atoms with E-state index in [0.29, 0.717) is 12.3 Å². The molecular weight excluding hydrogens is 322 g/mol. The maximum atomic E-state index is 12.9. The SMILES string of the molecule is CC(c1ccccc1)N(Cc1ccccc1)C(=O)COc1ccccc1. The van der Waals surface area contributed by atoms with Gasteiger partial charge in [0.25, 0.3) is 5.91 Å². The molecule has 0 saturated heterocycles. The van der Waals surface area contributed by atoms with Crippen LogP contribution in [0.5, 0.6) is 5.75 Å². The lowest BCUT2D eigenvalue weighted by molar-refractivity contribution is -0.136. The molecule has 132 valence electrons. The van der Waals surface area contributed by atoms with Gasteiger partial charge in [0.1, 0.15) is 5.75 Å². The summed E-state index contributed by atoms with van der Waals surface area (Å²) in [6.45, 7) is 2.63. The van der Waals surface area contributed by atoms with Crippen molar-refractivity contribution in [1.82, 2.24) is 4.90 Å². The maximum Gasteiger partial charge on any atom is 0.261 e. The first-order valence-electron chi connectivity index (χ1n) is 8.80. The van der Waals surface area contributed by atoms with E-state index < -0.39 is 0 Å². The van der Waals surface area contributed by atoms with E-state index in [9.17, 15) is 4.79 Å². The number of carbonyl (C=O) groups excluding carboxylic acids is 1. The summed E-state index contributed by atoms with van der Waals surface area (Å²) < 4.78 is 5.68. The highest BCUT2D eigenvalue weighted by Gasteiger charge is 2.22. The second kappa shape index (κ2) is 8.86. The Hall–Kier alpha value is -3.07. The largest absolute Gasteiger partial charge is 0.484 e. The smallest absolute Gasteiger partial charge is 0.261 e. The number of rotatable bonds is 7. The molecule has 0 aromatic heterocycles. The van der Waals surface area contributed by atoms with Crippen molar-refractivity contribution in [2.45, 2.75) is 19.5 Å². The van der Waals surface area contributed by atoms with Crippen molar-refractivity contribution in [2.75, 3.05) is 6.61 Å². The molecule has 3 aromatic rings. The quantitative estimate of drug-likeness (QED) is 0.612.